The van der Waals surface area contributed by atoms with Gasteiger partial charge < -0.3 is 14.6 Å². The molecule has 0 spiro atoms. The molecule has 4 nitrogen and oxygen atoms in total. The number of hydrogen-bond donors (Lipinski definition) is 1. The van der Waals surface area contributed by atoms with Crippen molar-refractivity contribution in [2.75, 3.05) is 7.11 Å². The van der Waals surface area contributed by atoms with Crippen LogP contribution in [0.2, 0.25) is 0 Å². The molecule has 4 heteroatoms. The quantitative estimate of drug-likeness (QED) is 0.851. The highest BCUT2D eigenvalue weighted by Crippen LogP contribution is 2.41. The number of ether oxygens (including phenoxy) is 2. The van der Waals surface area contributed by atoms with Gasteiger partial charge in [-0.15, -0.1) is 0 Å². The van der Waals surface area contributed by atoms with Crippen molar-refractivity contribution in [3.63, 3.8) is 0 Å². The van der Waals surface area contributed by atoms with Gasteiger partial charge in [-0.2, -0.15) is 0 Å². The Balaban J connectivity index is 2.33. The minimum Gasteiger partial charge on any atom is -0.487 e. The number of aliphatic hydroxyl groups is 1. The first-order chi connectivity index (χ1) is 8.85. The molecule has 1 aliphatic heterocycles. The van der Waals surface area contributed by atoms with Crippen LogP contribution >= 0.6 is 0 Å². The monoisotopic (exact) mass is 264 g/mol. The molecule has 0 radical (unpaired) electrons. The summed E-state index contributed by atoms with van der Waals surface area (Å²) in [6, 6.07) is 5.67. The largest absolute Gasteiger partial charge is 0.487 e. The molecule has 0 fully saturated rings. The molecule has 2 unspecified atom stereocenters. The average molecular weight is 264 g/mol. The summed E-state index contributed by atoms with van der Waals surface area (Å²) in [6.45, 7) is 5.66. The van der Waals surface area contributed by atoms with E-state index < -0.39 is 18.0 Å². The third kappa shape index (κ3) is 2.59. The Bertz CT molecular complexity index is 493. The SMILES string of the molecule is COC(=O)C(C)C(O)c1cccc2c1OC(C)(C)C2. The molecule has 0 aliphatic carbocycles. The molecule has 0 amide bonds. The molecule has 1 N–H and O–H groups in total. The van der Waals surface area contributed by atoms with E-state index in [0.717, 1.165) is 12.0 Å². The molecular formula is C15H20O4. The molecule has 0 aromatic heterocycles. The van der Waals surface area contributed by atoms with Crippen LogP contribution in [0.5, 0.6) is 5.75 Å². The van der Waals surface area contributed by atoms with Crippen LogP contribution in [0.3, 0.4) is 0 Å². The predicted molar refractivity (Wildman–Crippen MR) is 71.0 cm³/mol. The van der Waals surface area contributed by atoms with Crippen molar-refractivity contribution in [2.45, 2.75) is 38.9 Å². The Hall–Kier alpha value is -1.55. The fourth-order valence-electron chi connectivity index (χ4n) is 2.46. The minimum atomic E-state index is -0.920. The molecule has 19 heavy (non-hydrogen) atoms. The highest BCUT2D eigenvalue weighted by Gasteiger charge is 2.35. The van der Waals surface area contributed by atoms with Gasteiger partial charge in [0.2, 0.25) is 0 Å². The lowest BCUT2D eigenvalue weighted by Crippen LogP contribution is -2.25. The van der Waals surface area contributed by atoms with E-state index in [1.165, 1.54) is 7.11 Å². The summed E-state index contributed by atoms with van der Waals surface area (Å²) in [5.41, 5.74) is 1.45. The normalized spacial score (nSPS) is 19.2. The number of aliphatic hydroxyl groups excluding tert-OH is 1. The van der Waals surface area contributed by atoms with E-state index in [2.05, 4.69) is 4.74 Å². The second-order valence-electron chi connectivity index (χ2n) is 5.63. The van der Waals surface area contributed by atoms with Gasteiger partial charge in [0.15, 0.2) is 0 Å². The van der Waals surface area contributed by atoms with Crippen LogP contribution in [0.4, 0.5) is 0 Å². The Kier molecular flexibility index (Phi) is 3.54. The van der Waals surface area contributed by atoms with Gasteiger partial charge in [-0.3, -0.25) is 4.79 Å². The first-order valence-electron chi connectivity index (χ1n) is 6.42. The van der Waals surface area contributed by atoms with Crippen molar-refractivity contribution in [3.8, 4) is 5.75 Å². The van der Waals surface area contributed by atoms with E-state index in [0.29, 0.717) is 11.3 Å². The Morgan fingerprint density at radius 2 is 2.16 bits per heavy atom. The van der Waals surface area contributed by atoms with E-state index in [9.17, 15) is 9.90 Å². The predicted octanol–water partition coefficient (Wildman–Crippen LogP) is 2.24. The van der Waals surface area contributed by atoms with Crippen LogP contribution in [0.25, 0.3) is 0 Å². The number of carbonyl (C=O) groups excluding carboxylic acids is 1. The van der Waals surface area contributed by atoms with E-state index in [1.807, 2.05) is 26.0 Å². The van der Waals surface area contributed by atoms with Gasteiger partial charge in [-0.1, -0.05) is 18.2 Å². The van der Waals surface area contributed by atoms with Crippen LogP contribution in [0, 0.1) is 5.92 Å². The molecule has 2 atom stereocenters. The van der Waals surface area contributed by atoms with Gasteiger partial charge in [-0.25, -0.2) is 0 Å². The van der Waals surface area contributed by atoms with E-state index in [4.69, 9.17) is 4.74 Å². The molecule has 1 heterocycles. The summed E-state index contributed by atoms with van der Waals surface area (Å²) in [5, 5.41) is 10.3. The molecule has 1 aromatic rings. The maximum absolute atomic E-state index is 11.5. The Morgan fingerprint density at radius 1 is 1.47 bits per heavy atom. The number of carbonyl (C=O) groups is 1. The number of benzene rings is 1. The first-order valence-corrected chi connectivity index (χ1v) is 6.42. The van der Waals surface area contributed by atoms with Crippen LogP contribution < -0.4 is 4.74 Å². The minimum absolute atomic E-state index is 0.271. The molecule has 104 valence electrons. The van der Waals surface area contributed by atoms with Crippen LogP contribution in [0.1, 0.15) is 38.0 Å². The van der Waals surface area contributed by atoms with E-state index in [-0.39, 0.29) is 5.60 Å². The Morgan fingerprint density at radius 3 is 2.79 bits per heavy atom. The third-order valence-corrected chi connectivity index (χ3v) is 3.49. The fraction of sp³-hybridized carbons (Fsp3) is 0.533. The lowest BCUT2D eigenvalue weighted by Gasteiger charge is -2.22. The van der Waals surface area contributed by atoms with E-state index >= 15 is 0 Å². The molecule has 1 aromatic carbocycles. The van der Waals surface area contributed by atoms with Crippen LogP contribution in [-0.2, 0) is 16.0 Å². The van der Waals surface area contributed by atoms with E-state index in [1.54, 1.807) is 13.0 Å². The second-order valence-corrected chi connectivity index (χ2v) is 5.63. The van der Waals surface area contributed by atoms with Gasteiger partial charge in [0.25, 0.3) is 0 Å². The van der Waals surface area contributed by atoms with Crippen LogP contribution in [0.15, 0.2) is 18.2 Å². The fourth-order valence-corrected chi connectivity index (χ4v) is 2.46. The number of para-hydroxylation sites is 1. The van der Waals surface area contributed by atoms with Gasteiger partial charge in [0, 0.05) is 12.0 Å². The number of esters is 1. The summed E-state index contributed by atoms with van der Waals surface area (Å²) >= 11 is 0. The number of fused-ring (bicyclic) bond motifs is 1. The number of methoxy groups -OCH3 is 1. The van der Waals surface area contributed by atoms with Gasteiger partial charge >= 0.3 is 5.97 Å². The highest BCUT2D eigenvalue weighted by molar-refractivity contribution is 5.73. The van der Waals surface area contributed by atoms with Crippen molar-refractivity contribution in [1.82, 2.24) is 0 Å². The van der Waals surface area contributed by atoms with Crippen molar-refractivity contribution in [2.24, 2.45) is 5.92 Å². The molecule has 0 saturated heterocycles. The third-order valence-electron chi connectivity index (χ3n) is 3.49. The summed E-state index contributed by atoms with van der Waals surface area (Å²) in [5.74, 6) is -0.345. The molecule has 2 rings (SSSR count). The average Bonchev–Trinajstić information content (AvgIpc) is 2.69. The smallest absolute Gasteiger partial charge is 0.311 e. The summed E-state index contributed by atoms with van der Waals surface area (Å²) in [6.07, 6.45) is -0.119. The van der Waals surface area contributed by atoms with Crippen molar-refractivity contribution >= 4 is 5.97 Å². The number of rotatable bonds is 3. The molecule has 0 saturated carbocycles. The summed E-state index contributed by atoms with van der Waals surface area (Å²) < 4.78 is 10.6. The highest BCUT2D eigenvalue weighted by atomic mass is 16.5. The van der Waals surface area contributed by atoms with Gasteiger partial charge in [0.05, 0.1) is 19.1 Å². The summed E-state index contributed by atoms with van der Waals surface area (Å²) in [4.78, 5) is 11.5. The Labute approximate surface area is 113 Å². The van der Waals surface area contributed by atoms with Gasteiger partial charge in [0.1, 0.15) is 11.4 Å². The standard InChI is InChI=1S/C15H20O4/c1-9(14(17)18-4)12(16)11-7-5-6-10-8-15(2,3)19-13(10)11/h5-7,9,12,16H,8H2,1-4H3. The zero-order valence-corrected chi connectivity index (χ0v) is 11.8. The van der Waals surface area contributed by atoms with Crippen LogP contribution in [-0.4, -0.2) is 23.8 Å². The summed E-state index contributed by atoms with van der Waals surface area (Å²) in [7, 11) is 1.32. The molecule has 0 bridgehead atoms. The maximum Gasteiger partial charge on any atom is 0.311 e. The second kappa shape index (κ2) is 4.85. The lowest BCUT2D eigenvalue weighted by molar-refractivity contribution is -0.148. The maximum atomic E-state index is 11.5. The first kappa shape index (κ1) is 13.9. The topological polar surface area (TPSA) is 55.8 Å². The van der Waals surface area contributed by atoms with Crippen molar-refractivity contribution in [1.29, 1.82) is 0 Å². The van der Waals surface area contributed by atoms with Gasteiger partial charge in [-0.05, 0) is 26.3 Å². The lowest BCUT2D eigenvalue weighted by atomic mass is 9.94. The zero-order chi connectivity index (χ0) is 14.2. The molecular weight excluding hydrogens is 244 g/mol. The van der Waals surface area contributed by atoms with Crippen molar-refractivity contribution < 1.29 is 19.4 Å². The molecule has 1 aliphatic rings. The van der Waals surface area contributed by atoms with Crippen molar-refractivity contribution in [3.05, 3.63) is 29.3 Å². The number of hydrogen-bond acceptors (Lipinski definition) is 4. The zero-order valence-electron chi connectivity index (χ0n) is 11.8.